The summed E-state index contributed by atoms with van der Waals surface area (Å²) in [5.74, 6) is -2.39. The molecule has 0 aliphatic carbocycles. The van der Waals surface area contributed by atoms with Gasteiger partial charge >= 0.3 is 11.9 Å². The number of carbonyl (C=O) groups is 2. The van der Waals surface area contributed by atoms with Crippen LogP contribution in [0.3, 0.4) is 0 Å². The van der Waals surface area contributed by atoms with Gasteiger partial charge in [0.05, 0.1) is 5.69 Å². The minimum Gasteiger partial charge on any atom is -0.478 e. The van der Waals surface area contributed by atoms with Crippen LogP contribution in [0.4, 0.5) is 4.39 Å². The van der Waals surface area contributed by atoms with Gasteiger partial charge < -0.3 is 19.6 Å². The number of halogens is 1. The molecule has 1 unspecified atom stereocenters. The maximum absolute atomic E-state index is 13.4. The summed E-state index contributed by atoms with van der Waals surface area (Å²) in [6.07, 6.45) is 3.27. The Morgan fingerprint density at radius 1 is 1.08 bits per heavy atom. The molecule has 3 aromatic rings. The molecule has 8 nitrogen and oxygen atoms in total. The highest BCUT2D eigenvalue weighted by atomic mass is 19.1. The first kappa shape index (κ1) is 25.5. The Bertz CT molecular complexity index is 1210. The Kier molecular flexibility index (Phi) is 8.12. The molecule has 9 heteroatoms. The lowest BCUT2D eigenvalue weighted by molar-refractivity contribution is -0.134. The Labute approximate surface area is 208 Å². The van der Waals surface area contributed by atoms with Gasteiger partial charge in [0.25, 0.3) is 0 Å². The van der Waals surface area contributed by atoms with Gasteiger partial charge in [-0.25, -0.2) is 14.0 Å². The number of likely N-dealkylation sites (tertiary alicyclic amines) is 1. The van der Waals surface area contributed by atoms with Crippen molar-refractivity contribution in [3.8, 4) is 0 Å². The SMILES string of the molecule is CC(CN1CCC(c2noc3cc(F)ccc23)CC1)N1Cc2ccccc2C1.O=C(O)/C=C/C(=O)O. The molecule has 0 amide bonds. The number of hydrogen-bond acceptors (Lipinski definition) is 6. The van der Waals surface area contributed by atoms with Crippen molar-refractivity contribution in [3.63, 3.8) is 0 Å². The quantitative estimate of drug-likeness (QED) is 0.489. The van der Waals surface area contributed by atoms with Crippen LogP contribution in [0, 0.1) is 5.82 Å². The van der Waals surface area contributed by atoms with Crippen LogP contribution in [0.5, 0.6) is 0 Å². The summed E-state index contributed by atoms with van der Waals surface area (Å²) in [5, 5.41) is 20.8. The minimum atomic E-state index is -1.26. The highest BCUT2D eigenvalue weighted by Gasteiger charge is 2.28. The molecule has 1 fully saturated rings. The predicted octanol–water partition coefficient (Wildman–Crippen LogP) is 4.26. The van der Waals surface area contributed by atoms with Gasteiger partial charge in [-0.1, -0.05) is 29.4 Å². The molecule has 2 aromatic carbocycles. The van der Waals surface area contributed by atoms with Crippen molar-refractivity contribution in [1.29, 1.82) is 0 Å². The number of aliphatic carboxylic acids is 2. The molecular weight excluding hydrogens is 465 g/mol. The van der Waals surface area contributed by atoms with Crippen molar-refractivity contribution in [1.82, 2.24) is 15.0 Å². The zero-order valence-corrected chi connectivity index (χ0v) is 20.1. The van der Waals surface area contributed by atoms with Crippen molar-refractivity contribution >= 4 is 22.9 Å². The first-order chi connectivity index (χ1) is 17.3. The molecule has 1 saturated heterocycles. The average molecular weight is 496 g/mol. The number of aromatic nitrogens is 1. The number of fused-ring (bicyclic) bond motifs is 2. The van der Waals surface area contributed by atoms with Gasteiger partial charge in [-0.05, 0) is 56.1 Å². The van der Waals surface area contributed by atoms with Crippen molar-refractivity contribution < 1.29 is 28.7 Å². The summed E-state index contributed by atoms with van der Waals surface area (Å²) >= 11 is 0. The van der Waals surface area contributed by atoms with Crippen LogP contribution < -0.4 is 0 Å². The number of piperidine rings is 1. The highest BCUT2D eigenvalue weighted by molar-refractivity contribution is 5.89. The van der Waals surface area contributed by atoms with E-state index in [2.05, 4.69) is 46.1 Å². The smallest absolute Gasteiger partial charge is 0.328 e. The van der Waals surface area contributed by atoms with Crippen LogP contribution in [0.2, 0.25) is 0 Å². The molecule has 190 valence electrons. The number of carboxylic acid groups (broad SMARTS) is 2. The first-order valence-electron chi connectivity index (χ1n) is 12.0. The number of rotatable bonds is 6. The molecular formula is C27H30FN3O5. The molecule has 2 aliphatic rings. The van der Waals surface area contributed by atoms with E-state index in [1.54, 1.807) is 6.07 Å². The topological polar surface area (TPSA) is 107 Å². The fourth-order valence-electron chi connectivity index (χ4n) is 4.92. The molecule has 5 rings (SSSR count). The predicted molar refractivity (Wildman–Crippen MR) is 132 cm³/mol. The van der Waals surface area contributed by atoms with Crippen LogP contribution >= 0.6 is 0 Å². The molecule has 0 spiro atoms. The van der Waals surface area contributed by atoms with Gasteiger partial charge in [-0.15, -0.1) is 0 Å². The summed E-state index contributed by atoms with van der Waals surface area (Å²) in [6, 6.07) is 14.0. The maximum Gasteiger partial charge on any atom is 0.328 e. The van der Waals surface area contributed by atoms with E-state index < -0.39 is 11.9 Å². The van der Waals surface area contributed by atoms with E-state index in [0.29, 0.717) is 29.7 Å². The van der Waals surface area contributed by atoms with E-state index >= 15 is 0 Å². The maximum atomic E-state index is 13.4. The molecule has 0 saturated carbocycles. The van der Waals surface area contributed by atoms with Crippen molar-refractivity contribution in [2.24, 2.45) is 0 Å². The molecule has 1 atom stereocenters. The van der Waals surface area contributed by atoms with E-state index in [-0.39, 0.29) is 5.82 Å². The lowest BCUT2D eigenvalue weighted by atomic mass is 9.91. The zero-order chi connectivity index (χ0) is 25.7. The van der Waals surface area contributed by atoms with E-state index in [9.17, 15) is 14.0 Å². The van der Waals surface area contributed by atoms with Crippen molar-refractivity contribution in [3.05, 3.63) is 77.3 Å². The Hall–Kier alpha value is -3.56. The molecule has 1 aromatic heterocycles. The van der Waals surface area contributed by atoms with E-state index in [0.717, 1.165) is 56.6 Å². The van der Waals surface area contributed by atoms with Gasteiger partial charge in [-0.2, -0.15) is 0 Å². The van der Waals surface area contributed by atoms with Gasteiger partial charge in [0.2, 0.25) is 0 Å². The monoisotopic (exact) mass is 495 g/mol. The number of nitrogens with zero attached hydrogens (tertiary/aromatic N) is 3. The van der Waals surface area contributed by atoms with Gasteiger partial charge in [-0.3, -0.25) is 4.90 Å². The van der Waals surface area contributed by atoms with E-state index in [4.69, 9.17) is 14.7 Å². The Balaban J connectivity index is 0.000000331. The first-order valence-corrected chi connectivity index (χ1v) is 12.0. The third-order valence-electron chi connectivity index (χ3n) is 6.82. The average Bonchev–Trinajstić information content (AvgIpc) is 3.48. The normalized spacial score (nSPS) is 17.6. The van der Waals surface area contributed by atoms with Crippen LogP contribution in [0.1, 0.15) is 42.5 Å². The zero-order valence-electron chi connectivity index (χ0n) is 20.1. The van der Waals surface area contributed by atoms with Crippen molar-refractivity contribution in [2.75, 3.05) is 19.6 Å². The van der Waals surface area contributed by atoms with Crippen LogP contribution in [0.25, 0.3) is 11.0 Å². The largest absolute Gasteiger partial charge is 0.478 e. The second-order valence-electron chi connectivity index (χ2n) is 9.32. The number of hydrogen-bond donors (Lipinski definition) is 2. The third-order valence-corrected chi connectivity index (χ3v) is 6.82. The van der Waals surface area contributed by atoms with Crippen LogP contribution in [-0.4, -0.2) is 62.8 Å². The lowest BCUT2D eigenvalue weighted by Crippen LogP contribution is -2.43. The summed E-state index contributed by atoms with van der Waals surface area (Å²) < 4.78 is 18.7. The molecule has 2 aliphatic heterocycles. The van der Waals surface area contributed by atoms with E-state index in [1.165, 1.54) is 23.3 Å². The molecule has 2 N–H and O–H groups in total. The fraction of sp³-hybridized carbons (Fsp3) is 0.370. The minimum absolute atomic E-state index is 0.275. The Morgan fingerprint density at radius 3 is 2.28 bits per heavy atom. The van der Waals surface area contributed by atoms with Crippen LogP contribution in [0.15, 0.2) is 59.1 Å². The molecule has 36 heavy (non-hydrogen) atoms. The fourth-order valence-corrected chi connectivity index (χ4v) is 4.92. The summed E-state index contributed by atoms with van der Waals surface area (Å²) in [7, 11) is 0. The second-order valence-corrected chi connectivity index (χ2v) is 9.32. The van der Waals surface area contributed by atoms with Crippen LogP contribution in [-0.2, 0) is 22.7 Å². The molecule has 0 radical (unpaired) electrons. The number of carboxylic acids is 2. The number of benzene rings is 2. The van der Waals surface area contributed by atoms with E-state index in [1.807, 2.05) is 0 Å². The summed E-state index contributed by atoms with van der Waals surface area (Å²) in [5.41, 5.74) is 4.50. The van der Waals surface area contributed by atoms with Gasteiger partial charge in [0.15, 0.2) is 5.58 Å². The molecule has 3 heterocycles. The second kappa shape index (κ2) is 11.5. The third kappa shape index (κ3) is 6.35. The van der Waals surface area contributed by atoms with Gasteiger partial charge in [0, 0.05) is 55.2 Å². The lowest BCUT2D eigenvalue weighted by Gasteiger charge is -2.35. The summed E-state index contributed by atoms with van der Waals surface area (Å²) in [6.45, 7) is 7.73. The summed E-state index contributed by atoms with van der Waals surface area (Å²) in [4.78, 5) is 24.3. The Morgan fingerprint density at radius 2 is 1.69 bits per heavy atom. The molecule has 0 bridgehead atoms. The van der Waals surface area contributed by atoms with Crippen molar-refractivity contribution in [2.45, 2.75) is 44.8 Å². The highest BCUT2D eigenvalue weighted by Crippen LogP contribution is 2.33. The standard InChI is InChI=1S/C23H26FN3O.C4H4O4/c1-16(27-14-18-4-2-3-5-19(18)15-27)13-26-10-8-17(9-11-26)23-21-7-6-20(24)12-22(21)28-25-23;5-3(6)1-2-4(7)8/h2-7,12,16-17H,8-11,13-15H2,1H3;1-2H,(H,5,6)(H,7,8)/b;2-1+. The van der Waals surface area contributed by atoms with Gasteiger partial charge in [0.1, 0.15) is 5.82 Å².